The number of sulfonamides is 1. The van der Waals surface area contributed by atoms with Crippen LogP contribution in [0.5, 0.6) is 0 Å². The van der Waals surface area contributed by atoms with E-state index in [-0.39, 0.29) is 11.2 Å². The fourth-order valence-corrected chi connectivity index (χ4v) is 7.97. The number of carbonyl (C=O) groups excluding carboxylic acids is 1. The van der Waals surface area contributed by atoms with Crippen molar-refractivity contribution >= 4 is 45.0 Å². The van der Waals surface area contributed by atoms with Crippen molar-refractivity contribution in [3.8, 4) is 0 Å². The third-order valence-electron chi connectivity index (χ3n) is 6.22. The second-order valence-corrected chi connectivity index (χ2v) is 11.6. The van der Waals surface area contributed by atoms with E-state index < -0.39 is 10.0 Å². The molecule has 5 rings (SSSR count). The van der Waals surface area contributed by atoms with E-state index in [1.807, 2.05) is 29.2 Å². The fraction of sp³-hybridized carbons (Fsp3) is 0.409. The fourth-order valence-electron chi connectivity index (χ4n) is 4.70. The van der Waals surface area contributed by atoms with Crippen molar-refractivity contribution in [2.24, 2.45) is 0 Å². The van der Waals surface area contributed by atoms with Crippen molar-refractivity contribution in [2.75, 3.05) is 30.3 Å². The number of halogens is 1. The van der Waals surface area contributed by atoms with E-state index in [4.69, 9.17) is 11.6 Å². The van der Waals surface area contributed by atoms with Crippen LogP contribution in [-0.4, -0.2) is 44.0 Å². The predicted octanol–water partition coefficient (Wildman–Crippen LogP) is 4.04. The first-order valence-corrected chi connectivity index (χ1v) is 13.1. The van der Waals surface area contributed by atoms with Crippen molar-refractivity contribution in [2.45, 2.75) is 35.8 Å². The average molecular weight is 463 g/mol. The molecular formula is C22H23ClN2O3S2. The van der Waals surface area contributed by atoms with Crippen LogP contribution in [0.2, 0.25) is 5.02 Å². The molecule has 0 aromatic heterocycles. The Morgan fingerprint density at radius 3 is 2.57 bits per heavy atom. The molecule has 5 nitrogen and oxygen atoms in total. The predicted molar refractivity (Wildman–Crippen MR) is 121 cm³/mol. The molecule has 2 aromatic rings. The molecule has 1 saturated heterocycles. The number of nitrogens with zero attached hydrogens (tertiary/aromatic N) is 2. The van der Waals surface area contributed by atoms with Gasteiger partial charge in [-0.1, -0.05) is 29.8 Å². The number of aryl methyl sites for hydroxylation is 1. The molecule has 0 radical (unpaired) electrons. The van der Waals surface area contributed by atoms with Gasteiger partial charge in [0.1, 0.15) is 0 Å². The first kappa shape index (κ1) is 20.4. The summed E-state index contributed by atoms with van der Waals surface area (Å²) in [6.45, 7) is 1.62. The summed E-state index contributed by atoms with van der Waals surface area (Å²) in [5.74, 6) is 0.877. The maximum atomic E-state index is 13.5. The zero-order valence-corrected chi connectivity index (χ0v) is 18.9. The van der Waals surface area contributed by atoms with E-state index in [0.717, 1.165) is 46.0 Å². The van der Waals surface area contributed by atoms with Crippen LogP contribution < -0.4 is 4.90 Å². The summed E-state index contributed by atoms with van der Waals surface area (Å²) in [7, 11) is -3.58. The summed E-state index contributed by atoms with van der Waals surface area (Å²) >= 11 is 8.14. The van der Waals surface area contributed by atoms with Crippen LogP contribution in [0.3, 0.4) is 0 Å². The molecule has 158 valence electrons. The second-order valence-electron chi connectivity index (χ2n) is 7.96. The maximum absolute atomic E-state index is 13.5. The maximum Gasteiger partial charge on any atom is 0.243 e. The quantitative estimate of drug-likeness (QED) is 0.690. The molecular weight excluding hydrogens is 440 g/mol. The minimum atomic E-state index is -3.58. The molecule has 1 amide bonds. The SMILES string of the molecule is O=C1CCc2cc(S(=O)(=O)N3CCSC(c4ccccc4Cl)CC3)cc3c2N1CC3. The first-order chi connectivity index (χ1) is 14.4. The molecule has 8 heteroatoms. The summed E-state index contributed by atoms with van der Waals surface area (Å²) in [5, 5.41) is 0.933. The minimum absolute atomic E-state index is 0.145. The number of benzene rings is 2. The van der Waals surface area contributed by atoms with E-state index in [2.05, 4.69) is 0 Å². The lowest BCUT2D eigenvalue weighted by atomic mass is 10.00. The number of rotatable bonds is 3. The third kappa shape index (κ3) is 3.45. The Bertz CT molecular complexity index is 1120. The highest BCUT2D eigenvalue weighted by atomic mass is 35.5. The Morgan fingerprint density at radius 1 is 1.00 bits per heavy atom. The van der Waals surface area contributed by atoms with Gasteiger partial charge in [0, 0.05) is 42.1 Å². The summed E-state index contributed by atoms with van der Waals surface area (Å²) in [6.07, 6.45) is 2.52. The number of hydrogen-bond acceptors (Lipinski definition) is 4. The van der Waals surface area contributed by atoms with Crippen molar-refractivity contribution in [3.63, 3.8) is 0 Å². The molecule has 0 spiro atoms. The first-order valence-electron chi connectivity index (χ1n) is 10.3. The Morgan fingerprint density at radius 2 is 1.77 bits per heavy atom. The highest BCUT2D eigenvalue weighted by molar-refractivity contribution is 7.99. The topological polar surface area (TPSA) is 57.7 Å². The Hall–Kier alpha value is -1.54. The Kier molecular flexibility index (Phi) is 5.34. The number of amides is 1. The zero-order valence-electron chi connectivity index (χ0n) is 16.5. The summed E-state index contributed by atoms with van der Waals surface area (Å²) < 4.78 is 28.6. The number of thioether (sulfide) groups is 1. The standard InChI is InChI=1S/C22H23ClN2O3S2/c23-19-4-2-1-3-18(19)20-8-9-24(11-12-29-20)30(27,28)17-13-15-5-6-21(26)25-10-7-16(14-17)22(15)25/h1-4,13-14,20H,5-12H2. The van der Waals surface area contributed by atoms with Crippen LogP contribution in [0, 0.1) is 0 Å². The lowest BCUT2D eigenvalue weighted by Crippen LogP contribution is -2.34. The van der Waals surface area contributed by atoms with Gasteiger partial charge in [0.05, 0.1) is 10.6 Å². The number of carbonyl (C=O) groups is 1. The lowest BCUT2D eigenvalue weighted by Gasteiger charge is -2.26. The highest BCUT2D eigenvalue weighted by Gasteiger charge is 2.35. The van der Waals surface area contributed by atoms with Crippen molar-refractivity contribution in [1.82, 2.24) is 4.31 Å². The normalized spacial score (nSPS) is 22.1. The van der Waals surface area contributed by atoms with Crippen LogP contribution in [0.1, 0.15) is 34.8 Å². The van der Waals surface area contributed by atoms with Gasteiger partial charge in [-0.25, -0.2) is 8.42 Å². The molecule has 2 aromatic carbocycles. The average Bonchev–Trinajstić information content (AvgIpc) is 3.01. The Labute approximate surface area is 186 Å². The van der Waals surface area contributed by atoms with Crippen molar-refractivity contribution < 1.29 is 13.2 Å². The van der Waals surface area contributed by atoms with Crippen LogP contribution in [0.4, 0.5) is 5.69 Å². The van der Waals surface area contributed by atoms with Gasteiger partial charge in [-0.05, 0) is 54.2 Å². The van der Waals surface area contributed by atoms with Crippen LogP contribution >= 0.6 is 23.4 Å². The highest BCUT2D eigenvalue weighted by Crippen LogP contribution is 2.41. The van der Waals surface area contributed by atoms with E-state index in [9.17, 15) is 13.2 Å². The van der Waals surface area contributed by atoms with E-state index >= 15 is 0 Å². The van der Waals surface area contributed by atoms with Gasteiger partial charge < -0.3 is 4.90 Å². The van der Waals surface area contributed by atoms with E-state index in [1.165, 1.54) is 0 Å². The van der Waals surface area contributed by atoms with Crippen LogP contribution in [-0.2, 0) is 27.7 Å². The van der Waals surface area contributed by atoms with E-state index in [1.54, 1.807) is 28.2 Å². The van der Waals surface area contributed by atoms with Gasteiger partial charge >= 0.3 is 0 Å². The van der Waals surface area contributed by atoms with Gasteiger partial charge in [-0.2, -0.15) is 16.1 Å². The van der Waals surface area contributed by atoms with Gasteiger partial charge in [-0.3, -0.25) is 4.79 Å². The van der Waals surface area contributed by atoms with Gasteiger partial charge in [0.15, 0.2) is 0 Å². The largest absolute Gasteiger partial charge is 0.312 e. The van der Waals surface area contributed by atoms with Crippen molar-refractivity contribution in [3.05, 3.63) is 58.1 Å². The molecule has 0 aliphatic carbocycles. The lowest BCUT2D eigenvalue weighted by molar-refractivity contribution is -0.118. The molecule has 3 aliphatic heterocycles. The Balaban J connectivity index is 1.41. The summed E-state index contributed by atoms with van der Waals surface area (Å²) in [6, 6.07) is 11.4. The van der Waals surface area contributed by atoms with Gasteiger partial charge in [0.2, 0.25) is 15.9 Å². The number of anilines is 1. The van der Waals surface area contributed by atoms with Gasteiger partial charge in [-0.15, -0.1) is 0 Å². The zero-order chi connectivity index (χ0) is 20.9. The monoisotopic (exact) mass is 462 g/mol. The molecule has 0 N–H and O–H groups in total. The molecule has 1 atom stereocenters. The molecule has 30 heavy (non-hydrogen) atoms. The minimum Gasteiger partial charge on any atom is -0.312 e. The van der Waals surface area contributed by atoms with Crippen LogP contribution in [0.25, 0.3) is 0 Å². The van der Waals surface area contributed by atoms with Crippen molar-refractivity contribution in [1.29, 1.82) is 0 Å². The number of hydrogen-bond donors (Lipinski definition) is 0. The molecule has 0 bridgehead atoms. The summed E-state index contributed by atoms with van der Waals surface area (Å²) in [4.78, 5) is 14.3. The second kappa shape index (κ2) is 7.86. The molecule has 1 fully saturated rings. The third-order valence-corrected chi connectivity index (χ3v) is 9.75. The molecule has 0 saturated carbocycles. The molecule has 1 unspecified atom stereocenters. The van der Waals surface area contributed by atoms with E-state index in [0.29, 0.717) is 37.4 Å². The summed E-state index contributed by atoms with van der Waals surface area (Å²) in [5.41, 5.74) is 4.00. The molecule has 3 heterocycles. The molecule has 3 aliphatic rings. The van der Waals surface area contributed by atoms with Gasteiger partial charge in [0.25, 0.3) is 0 Å². The smallest absolute Gasteiger partial charge is 0.243 e. The van der Waals surface area contributed by atoms with Crippen LogP contribution in [0.15, 0.2) is 41.3 Å².